The zero-order valence-electron chi connectivity index (χ0n) is 13.6. The Labute approximate surface area is 132 Å². The highest BCUT2D eigenvalue weighted by molar-refractivity contribution is 5.87. The van der Waals surface area contributed by atoms with Crippen molar-refractivity contribution in [1.82, 2.24) is 4.90 Å². The van der Waals surface area contributed by atoms with Gasteiger partial charge in [0.15, 0.2) is 0 Å². The van der Waals surface area contributed by atoms with Gasteiger partial charge in [-0.1, -0.05) is 50.1 Å². The molecule has 0 unspecified atom stereocenters. The number of carbonyl (C=O) groups excluding carboxylic acids is 2. The molecule has 22 heavy (non-hydrogen) atoms. The average Bonchev–Trinajstić information content (AvgIpc) is 2.54. The van der Waals surface area contributed by atoms with E-state index < -0.39 is 18.1 Å². The summed E-state index contributed by atoms with van der Waals surface area (Å²) in [6.45, 7) is 2.04. The molecule has 5 heteroatoms. The van der Waals surface area contributed by atoms with Crippen LogP contribution in [-0.2, 0) is 20.7 Å². The first-order chi connectivity index (χ1) is 10.5. The molecular formula is C17H26N2O3. The van der Waals surface area contributed by atoms with Crippen molar-refractivity contribution in [2.75, 3.05) is 14.2 Å². The predicted molar refractivity (Wildman–Crippen MR) is 86.2 cm³/mol. The van der Waals surface area contributed by atoms with Gasteiger partial charge < -0.3 is 15.4 Å². The second-order valence-corrected chi connectivity index (χ2v) is 5.43. The molecule has 0 saturated carbocycles. The molecule has 2 N–H and O–H groups in total. The molecule has 0 heterocycles. The Kier molecular flexibility index (Phi) is 7.60. The maximum Gasteiger partial charge on any atom is 0.328 e. The molecule has 1 amide bonds. The van der Waals surface area contributed by atoms with Crippen LogP contribution < -0.4 is 5.73 Å². The monoisotopic (exact) mass is 306 g/mol. The van der Waals surface area contributed by atoms with Crippen LogP contribution in [0.15, 0.2) is 30.3 Å². The molecular weight excluding hydrogens is 280 g/mol. The summed E-state index contributed by atoms with van der Waals surface area (Å²) in [6.07, 6.45) is 2.84. The molecule has 0 fully saturated rings. The van der Waals surface area contributed by atoms with Gasteiger partial charge in [0.1, 0.15) is 6.04 Å². The first-order valence-corrected chi connectivity index (χ1v) is 7.65. The number of amides is 1. The number of nitrogens with zero attached hydrogens (tertiary/aromatic N) is 1. The third-order valence-electron chi connectivity index (χ3n) is 3.74. The van der Waals surface area contributed by atoms with Crippen LogP contribution in [-0.4, -0.2) is 43.0 Å². The van der Waals surface area contributed by atoms with Crippen molar-refractivity contribution < 1.29 is 14.3 Å². The highest BCUT2D eigenvalue weighted by atomic mass is 16.5. The van der Waals surface area contributed by atoms with E-state index in [2.05, 4.69) is 0 Å². The number of hydrogen-bond acceptors (Lipinski definition) is 4. The molecule has 0 bridgehead atoms. The number of methoxy groups -OCH3 is 1. The van der Waals surface area contributed by atoms with Crippen LogP contribution in [0.1, 0.15) is 31.7 Å². The topological polar surface area (TPSA) is 72.6 Å². The van der Waals surface area contributed by atoms with Gasteiger partial charge in [0.2, 0.25) is 5.91 Å². The van der Waals surface area contributed by atoms with Gasteiger partial charge >= 0.3 is 5.97 Å². The Morgan fingerprint density at radius 1 is 1.27 bits per heavy atom. The van der Waals surface area contributed by atoms with Crippen molar-refractivity contribution in [3.63, 3.8) is 0 Å². The van der Waals surface area contributed by atoms with E-state index >= 15 is 0 Å². The van der Waals surface area contributed by atoms with Crippen LogP contribution in [0.25, 0.3) is 0 Å². The molecule has 0 aromatic heterocycles. The Morgan fingerprint density at radius 3 is 2.45 bits per heavy atom. The molecule has 0 aliphatic carbocycles. The van der Waals surface area contributed by atoms with E-state index in [9.17, 15) is 9.59 Å². The van der Waals surface area contributed by atoms with Crippen molar-refractivity contribution in [3.05, 3.63) is 35.9 Å². The van der Waals surface area contributed by atoms with Crippen molar-refractivity contribution >= 4 is 11.9 Å². The second kappa shape index (κ2) is 9.20. The highest BCUT2D eigenvalue weighted by Crippen LogP contribution is 2.12. The lowest BCUT2D eigenvalue weighted by atomic mass is 10.0. The first-order valence-electron chi connectivity index (χ1n) is 7.65. The smallest absolute Gasteiger partial charge is 0.328 e. The average molecular weight is 306 g/mol. The number of hydrogen-bond donors (Lipinski definition) is 1. The van der Waals surface area contributed by atoms with Gasteiger partial charge in [0.05, 0.1) is 13.2 Å². The third kappa shape index (κ3) is 5.15. The van der Waals surface area contributed by atoms with Crippen LogP contribution in [0.4, 0.5) is 0 Å². The summed E-state index contributed by atoms with van der Waals surface area (Å²) in [5.41, 5.74) is 7.01. The summed E-state index contributed by atoms with van der Waals surface area (Å²) in [7, 11) is 2.95. The first kappa shape index (κ1) is 18.2. The zero-order valence-corrected chi connectivity index (χ0v) is 13.6. The summed E-state index contributed by atoms with van der Waals surface area (Å²) in [5.74, 6) is -0.633. The van der Waals surface area contributed by atoms with Gasteiger partial charge in [-0.3, -0.25) is 4.79 Å². The Morgan fingerprint density at radius 2 is 1.91 bits per heavy atom. The zero-order chi connectivity index (χ0) is 16.5. The molecule has 1 aromatic carbocycles. The van der Waals surface area contributed by atoms with Gasteiger partial charge in [-0.2, -0.15) is 0 Å². The summed E-state index contributed by atoms with van der Waals surface area (Å²) in [4.78, 5) is 25.8. The van der Waals surface area contributed by atoms with Gasteiger partial charge in [0, 0.05) is 7.05 Å². The summed E-state index contributed by atoms with van der Waals surface area (Å²) in [5, 5.41) is 0. The maximum absolute atomic E-state index is 12.5. The standard InChI is InChI=1S/C17H26N2O3/c1-4-5-11-15(17(21)22-3)19(2)16(20)14(18)12-13-9-7-6-8-10-13/h6-10,14-15H,4-5,11-12,18H2,1-3H3/t14-,15-/m0/s1. The summed E-state index contributed by atoms with van der Waals surface area (Å²) in [6, 6.07) is 8.37. The Balaban J connectivity index is 2.72. The van der Waals surface area contributed by atoms with Crippen molar-refractivity contribution in [2.24, 2.45) is 5.73 Å². The van der Waals surface area contributed by atoms with Gasteiger partial charge in [-0.05, 0) is 18.4 Å². The highest BCUT2D eigenvalue weighted by Gasteiger charge is 2.29. The van der Waals surface area contributed by atoms with Crippen molar-refractivity contribution in [1.29, 1.82) is 0 Å². The number of rotatable bonds is 8. The molecule has 0 saturated heterocycles. The minimum atomic E-state index is -0.666. The van der Waals surface area contributed by atoms with Crippen LogP contribution in [0.3, 0.4) is 0 Å². The Hall–Kier alpha value is -1.88. The molecule has 5 nitrogen and oxygen atoms in total. The lowest BCUT2D eigenvalue weighted by Crippen LogP contribution is -2.50. The van der Waals surface area contributed by atoms with E-state index in [1.54, 1.807) is 7.05 Å². The van der Waals surface area contributed by atoms with Crippen molar-refractivity contribution in [3.8, 4) is 0 Å². The van der Waals surface area contributed by atoms with Gasteiger partial charge in [-0.15, -0.1) is 0 Å². The normalized spacial score (nSPS) is 13.3. The summed E-state index contributed by atoms with van der Waals surface area (Å²) < 4.78 is 4.81. The number of carbonyl (C=O) groups is 2. The second-order valence-electron chi connectivity index (χ2n) is 5.43. The number of benzene rings is 1. The van der Waals surface area contributed by atoms with Gasteiger partial charge in [-0.25, -0.2) is 4.79 Å². The van der Waals surface area contributed by atoms with Crippen LogP contribution in [0.5, 0.6) is 0 Å². The lowest BCUT2D eigenvalue weighted by Gasteiger charge is -2.28. The SMILES string of the molecule is CCCC[C@@H](C(=O)OC)N(C)C(=O)[C@@H](N)Cc1ccccc1. The number of ether oxygens (including phenoxy) is 1. The molecule has 0 spiro atoms. The van der Waals surface area contributed by atoms with E-state index in [4.69, 9.17) is 10.5 Å². The van der Waals surface area contributed by atoms with E-state index in [1.807, 2.05) is 37.3 Å². The number of likely N-dealkylation sites (N-methyl/N-ethyl adjacent to an activating group) is 1. The minimum Gasteiger partial charge on any atom is -0.467 e. The number of esters is 1. The van der Waals surface area contributed by atoms with Gasteiger partial charge in [0.25, 0.3) is 0 Å². The molecule has 1 aromatic rings. The van der Waals surface area contributed by atoms with Crippen LogP contribution in [0, 0.1) is 0 Å². The number of unbranched alkanes of at least 4 members (excludes halogenated alkanes) is 1. The minimum absolute atomic E-state index is 0.240. The molecule has 2 atom stereocenters. The number of nitrogens with two attached hydrogens (primary N) is 1. The van der Waals surface area contributed by atoms with E-state index in [1.165, 1.54) is 12.0 Å². The Bertz CT molecular complexity index is 476. The molecule has 0 aliphatic rings. The third-order valence-corrected chi connectivity index (χ3v) is 3.74. The quantitative estimate of drug-likeness (QED) is 0.743. The lowest BCUT2D eigenvalue weighted by molar-refractivity contribution is -0.152. The van der Waals surface area contributed by atoms with E-state index in [0.29, 0.717) is 12.8 Å². The van der Waals surface area contributed by atoms with Crippen LogP contribution in [0.2, 0.25) is 0 Å². The maximum atomic E-state index is 12.5. The fourth-order valence-electron chi connectivity index (χ4n) is 2.37. The fourth-order valence-corrected chi connectivity index (χ4v) is 2.37. The molecule has 122 valence electrons. The fraction of sp³-hybridized carbons (Fsp3) is 0.529. The predicted octanol–water partition coefficient (Wildman–Crippen LogP) is 1.75. The molecule has 0 radical (unpaired) electrons. The largest absolute Gasteiger partial charge is 0.467 e. The summed E-state index contributed by atoms with van der Waals surface area (Å²) >= 11 is 0. The van der Waals surface area contributed by atoms with E-state index in [0.717, 1.165) is 18.4 Å². The van der Waals surface area contributed by atoms with Crippen molar-refractivity contribution in [2.45, 2.75) is 44.7 Å². The molecule has 1 rings (SSSR count). The van der Waals surface area contributed by atoms with E-state index in [-0.39, 0.29) is 5.91 Å². The van der Waals surface area contributed by atoms with Crippen LogP contribution >= 0.6 is 0 Å². The molecule has 0 aliphatic heterocycles.